The zero-order chi connectivity index (χ0) is 16.7. The molecule has 1 heterocycles. The van der Waals surface area contributed by atoms with Gasteiger partial charge in [0.05, 0.1) is 6.61 Å². The van der Waals surface area contributed by atoms with Crippen LogP contribution in [0.15, 0.2) is 30.3 Å². The van der Waals surface area contributed by atoms with Crippen LogP contribution in [0.25, 0.3) is 0 Å². The van der Waals surface area contributed by atoms with E-state index in [1.165, 1.54) is 0 Å². The molecule has 6 heteroatoms. The molecule has 1 aliphatic rings. The molecule has 1 atom stereocenters. The summed E-state index contributed by atoms with van der Waals surface area (Å²) in [6.45, 7) is 5.09. The first kappa shape index (κ1) is 17.1. The van der Waals surface area contributed by atoms with Crippen molar-refractivity contribution < 1.29 is 19.1 Å². The normalized spacial score (nSPS) is 16.5. The van der Waals surface area contributed by atoms with Gasteiger partial charge in [0.25, 0.3) is 5.91 Å². The molecule has 2 amide bonds. The Morgan fingerprint density at radius 2 is 1.91 bits per heavy atom. The highest BCUT2D eigenvalue weighted by Crippen LogP contribution is 2.14. The average Bonchev–Trinajstić information content (AvgIpc) is 2.56. The van der Waals surface area contributed by atoms with Gasteiger partial charge in [0, 0.05) is 19.1 Å². The molecule has 0 bridgehead atoms. The standard InChI is InChI=1S/C17H24N2O4/c1-3-22-17(21)19-11-9-14(10-12-19)18-16(20)13(2)23-15-7-5-4-6-8-15/h4-8,13-14H,3,9-12H2,1-2H3,(H,18,20)/t13-/m1/s1. The van der Waals surface area contributed by atoms with E-state index < -0.39 is 6.10 Å². The second-order valence-corrected chi connectivity index (χ2v) is 5.54. The summed E-state index contributed by atoms with van der Waals surface area (Å²) < 4.78 is 10.6. The number of carbonyl (C=O) groups is 2. The number of piperidine rings is 1. The Morgan fingerprint density at radius 3 is 2.52 bits per heavy atom. The van der Waals surface area contributed by atoms with Crippen LogP contribution >= 0.6 is 0 Å². The Labute approximate surface area is 136 Å². The number of amides is 2. The molecule has 1 saturated heterocycles. The van der Waals surface area contributed by atoms with Gasteiger partial charge in [-0.05, 0) is 38.8 Å². The summed E-state index contributed by atoms with van der Waals surface area (Å²) in [4.78, 5) is 25.5. The molecule has 1 aromatic rings. The second kappa shape index (κ2) is 8.41. The lowest BCUT2D eigenvalue weighted by Crippen LogP contribution is -2.49. The summed E-state index contributed by atoms with van der Waals surface area (Å²) in [6.07, 6.45) is 0.615. The van der Waals surface area contributed by atoms with Gasteiger partial charge in [-0.2, -0.15) is 0 Å². The van der Waals surface area contributed by atoms with Crippen molar-refractivity contribution in [1.29, 1.82) is 0 Å². The van der Waals surface area contributed by atoms with E-state index >= 15 is 0 Å². The predicted molar refractivity (Wildman–Crippen MR) is 86.3 cm³/mol. The van der Waals surface area contributed by atoms with Crippen molar-refractivity contribution in [2.45, 2.75) is 38.8 Å². The van der Waals surface area contributed by atoms with Crippen LogP contribution in [0.4, 0.5) is 4.79 Å². The first-order chi connectivity index (χ1) is 11.1. The minimum atomic E-state index is -0.555. The zero-order valence-electron chi connectivity index (χ0n) is 13.7. The quantitative estimate of drug-likeness (QED) is 0.903. The molecular weight excluding hydrogens is 296 g/mol. The average molecular weight is 320 g/mol. The van der Waals surface area contributed by atoms with Crippen molar-refractivity contribution in [2.75, 3.05) is 19.7 Å². The Morgan fingerprint density at radius 1 is 1.26 bits per heavy atom. The fourth-order valence-electron chi connectivity index (χ4n) is 2.50. The van der Waals surface area contributed by atoms with Crippen LogP contribution in [0, 0.1) is 0 Å². The van der Waals surface area contributed by atoms with Gasteiger partial charge < -0.3 is 19.7 Å². The van der Waals surface area contributed by atoms with E-state index in [9.17, 15) is 9.59 Å². The lowest BCUT2D eigenvalue weighted by atomic mass is 10.1. The Bertz CT molecular complexity index is 513. The van der Waals surface area contributed by atoms with Gasteiger partial charge in [0.15, 0.2) is 6.10 Å². The molecule has 1 aromatic carbocycles. The number of benzene rings is 1. The topological polar surface area (TPSA) is 67.9 Å². The Kier molecular flexibility index (Phi) is 6.26. The fraction of sp³-hybridized carbons (Fsp3) is 0.529. The number of carbonyl (C=O) groups excluding carboxylic acids is 2. The number of likely N-dealkylation sites (tertiary alicyclic amines) is 1. The number of nitrogens with zero attached hydrogens (tertiary/aromatic N) is 1. The van der Waals surface area contributed by atoms with Crippen LogP contribution in [0.3, 0.4) is 0 Å². The third kappa shape index (κ3) is 5.16. The first-order valence-corrected chi connectivity index (χ1v) is 8.04. The summed E-state index contributed by atoms with van der Waals surface area (Å²) in [5, 5.41) is 2.99. The monoisotopic (exact) mass is 320 g/mol. The molecule has 0 unspecified atom stereocenters. The van der Waals surface area contributed by atoms with E-state index in [0.29, 0.717) is 25.4 Å². The van der Waals surface area contributed by atoms with Crippen LogP contribution in [0.5, 0.6) is 5.75 Å². The Hall–Kier alpha value is -2.24. The molecule has 2 rings (SSSR count). The molecule has 0 spiro atoms. The van der Waals surface area contributed by atoms with Crippen LogP contribution in [0.1, 0.15) is 26.7 Å². The predicted octanol–water partition coefficient (Wildman–Crippen LogP) is 2.19. The molecule has 0 saturated carbocycles. The van der Waals surface area contributed by atoms with Crippen molar-refractivity contribution >= 4 is 12.0 Å². The van der Waals surface area contributed by atoms with Gasteiger partial charge in [-0.3, -0.25) is 4.79 Å². The zero-order valence-corrected chi connectivity index (χ0v) is 13.7. The number of nitrogens with one attached hydrogen (secondary N) is 1. The summed E-state index contributed by atoms with van der Waals surface area (Å²) in [6, 6.07) is 9.34. The van der Waals surface area contributed by atoms with E-state index in [1.807, 2.05) is 30.3 Å². The molecule has 1 aliphatic heterocycles. The van der Waals surface area contributed by atoms with Crippen LogP contribution in [0.2, 0.25) is 0 Å². The first-order valence-electron chi connectivity index (χ1n) is 8.04. The summed E-state index contributed by atoms with van der Waals surface area (Å²) >= 11 is 0. The molecule has 0 aromatic heterocycles. The smallest absolute Gasteiger partial charge is 0.409 e. The molecule has 0 aliphatic carbocycles. The van der Waals surface area contributed by atoms with Crippen molar-refractivity contribution in [1.82, 2.24) is 10.2 Å². The highest BCUT2D eigenvalue weighted by atomic mass is 16.6. The third-order valence-corrected chi connectivity index (χ3v) is 3.79. The largest absolute Gasteiger partial charge is 0.481 e. The van der Waals surface area contributed by atoms with Crippen LogP contribution in [-0.2, 0) is 9.53 Å². The SMILES string of the molecule is CCOC(=O)N1CCC(NC(=O)[C@@H](C)Oc2ccccc2)CC1. The molecule has 6 nitrogen and oxygen atoms in total. The summed E-state index contributed by atoms with van der Waals surface area (Å²) in [5.74, 6) is 0.538. The van der Waals surface area contributed by atoms with Crippen LogP contribution in [-0.4, -0.2) is 48.7 Å². The molecular formula is C17H24N2O4. The molecule has 126 valence electrons. The van der Waals surface area contributed by atoms with E-state index in [1.54, 1.807) is 18.7 Å². The maximum atomic E-state index is 12.2. The number of hydrogen-bond donors (Lipinski definition) is 1. The van der Waals surface area contributed by atoms with Crippen molar-refractivity contribution in [3.05, 3.63) is 30.3 Å². The summed E-state index contributed by atoms with van der Waals surface area (Å²) in [5.41, 5.74) is 0. The molecule has 23 heavy (non-hydrogen) atoms. The maximum Gasteiger partial charge on any atom is 0.409 e. The van der Waals surface area contributed by atoms with E-state index in [2.05, 4.69) is 5.32 Å². The van der Waals surface area contributed by atoms with Crippen molar-refractivity contribution in [3.8, 4) is 5.75 Å². The number of ether oxygens (including phenoxy) is 2. The van der Waals surface area contributed by atoms with Crippen molar-refractivity contribution in [3.63, 3.8) is 0 Å². The lowest BCUT2D eigenvalue weighted by Gasteiger charge is -2.32. The van der Waals surface area contributed by atoms with Gasteiger partial charge in [-0.15, -0.1) is 0 Å². The number of rotatable bonds is 5. The lowest BCUT2D eigenvalue weighted by molar-refractivity contribution is -0.128. The Balaban J connectivity index is 1.75. The summed E-state index contributed by atoms with van der Waals surface area (Å²) in [7, 11) is 0. The number of para-hydroxylation sites is 1. The van der Waals surface area contributed by atoms with Crippen LogP contribution < -0.4 is 10.1 Å². The fourth-order valence-corrected chi connectivity index (χ4v) is 2.50. The van der Waals surface area contributed by atoms with Crippen molar-refractivity contribution in [2.24, 2.45) is 0 Å². The van der Waals surface area contributed by atoms with E-state index in [-0.39, 0.29) is 18.0 Å². The third-order valence-electron chi connectivity index (χ3n) is 3.79. The highest BCUT2D eigenvalue weighted by molar-refractivity contribution is 5.81. The van der Waals surface area contributed by atoms with E-state index in [0.717, 1.165) is 12.8 Å². The molecule has 0 radical (unpaired) electrons. The maximum absolute atomic E-state index is 12.2. The van der Waals surface area contributed by atoms with Gasteiger partial charge >= 0.3 is 6.09 Å². The van der Waals surface area contributed by atoms with Gasteiger partial charge in [-0.25, -0.2) is 4.79 Å². The minimum absolute atomic E-state index is 0.0648. The van der Waals surface area contributed by atoms with Gasteiger partial charge in [0.1, 0.15) is 5.75 Å². The van der Waals surface area contributed by atoms with Gasteiger partial charge in [-0.1, -0.05) is 18.2 Å². The minimum Gasteiger partial charge on any atom is -0.481 e. The molecule has 1 N–H and O–H groups in total. The van der Waals surface area contributed by atoms with E-state index in [4.69, 9.17) is 9.47 Å². The van der Waals surface area contributed by atoms with Gasteiger partial charge in [0.2, 0.25) is 0 Å². The number of hydrogen-bond acceptors (Lipinski definition) is 4. The highest BCUT2D eigenvalue weighted by Gasteiger charge is 2.26. The molecule has 1 fully saturated rings. The second-order valence-electron chi connectivity index (χ2n) is 5.54.